The maximum absolute atomic E-state index is 13.1. The van der Waals surface area contributed by atoms with Crippen LogP contribution < -0.4 is 14.8 Å². The zero-order valence-electron chi connectivity index (χ0n) is 17.6. The molecular weight excluding hydrogens is 404 g/mol. The summed E-state index contributed by atoms with van der Waals surface area (Å²) in [5.74, 6) is 0.468. The minimum Gasteiger partial charge on any atom is -0.495 e. The second-order valence-corrected chi connectivity index (χ2v) is 9.30. The zero-order valence-corrected chi connectivity index (χ0v) is 18.4. The summed E-state index contributed by atoms with van der Waals surface area (Å²) >= 11 is 0. The highest BCUT2D eigenvalue weighted by Crippen LogP contribution is 2.31. The molecule has 8 heteroatoms. The smallest absolute Gasteiger partial charge is 0.265 e. The molecule has 1 atom stereocenters. The van der Waals surface area contributed by atoms with E-state index in [1.54, 1.807) is 31.2 Å². The number of rotatable bonds is 7. The summed E-state index contributed by atoms with van der Waals surface area (Å²) in [4.78, 5) is 12.6. The van der Waals surface area contributed by atoms with Gasteiger partial charge in [-0.2, -0.15) is 4.31 Å². The van der Waals surface area contributed by atoms with Gasteiger partial charge >= 0.3 is 0 Å². The Kier molecular flexibility index (Phi) is 6.99. The number of hydrogen-bond acceptors (Lipinski definition) is 5. The van der Waals surface area contributed by atoms with Crippen molar-refractivity contribution in [2.24, 2.45) is 0 Å². The van der Waals surface area contributed by atoms with Crippen LogP contribution in [0.1, 0.15) is 31.7 Å². The van der Waals surface area contributed by atoms with Gasteiger partial charge in [0.15, 0.2) is 6.10 Å². The largest absolute Gasteiger partial charge is 0.495 e. The van der Waals surface area contributed by atoms with Crippen LogP contribution in [0.3, 0.4) is 0 Å². The maximum atomic E-state index is 13.1. The minimum atomic E-state index is -3.71. The van der Waals surface area contributed by atoms with Gasteiger partial charge in [0.05, 0.1) is 7.11 Å². The SMILES string of the molecule is COc1ccc(NC(=O)[C@H](C)Oc2ccc(C)cc2)cc1S(=O)(=O)N1CCCCC1. The van der Waals surface area contributed by atoms with Gasteiger partial charge in [0.1, 0.15) is 16.4 Å². The Morgan fingerprint density at radius 1 is 1.07 bits per heavy atom. The van der Waals surface area contributed by atoms with Gasteiger partial charge in [-0.1, -0.05) is 24.1 Å². The molecule has 2 aromatic carbocycles. The summed E-state index contributed by atoms with van der Waals surface area (Å²) in [5.41, 5.74) is 1.47. The molecule has 1 heterocycles. The highest BCUT2D eigenvalue weighted by atomic mass is 32.2. The molecule has 1 fully saturated rings. The first kappa shape index (κ1) is 22.1. The van der Waals surface area contributed by atoms with Crippen molar-refractivity contribution in [2.75, 3.05) is 25.5 Å². The van der Waals surface area contributed by atoms with Gasteiger partial charge in [-0.05, 0) is 57.0 Å². The molecule has 0 unspecified atom stereocenters. The number of anilines is 1. The lowest BCUT2D eigenvalue weighted by Gasteiger charge is -2.26. The lowest BCUT2D eigenvalue weighted by molar-refractivity contribution is -0.122. The second kappa shape index (κ2) is 9.49. The molecule has 2 aromatic rings. The predicted octanol–water partition coefficient (Wildman–Crippen LogP) is 3.58. The van der Waals surface area contributed by atoms with Crippen molar-refractivity contribution < 1.29 is 22.7 Å². The summed E-state index contributed by atoms with van der Waals surface area (Å²) < 4.78 is 38.7. The van der Waals surface area contributed by atoms with Crippen LogP contribution in [0.25, 0.3) is 0 Å². The number of carbonyl (C=O) groups is 1. The van der Waals surface area contributed by atoms with Crippen LogP contribution in [0.4, 0.5) is 5.69 Å². The quantitative estimate of drug-likeness (QED) is 0.723. The molecule has 0 saturated carbocycles. The van der Waals surface area contributed by atoms with Gasteiger partial charge in [0, 0.05) is 18.8 Å². The molecule has 0 aromatic heterocycles. The molecule has 0 aliphatic carbocycles. The highest BCUT2D eigenvalue weighted by molar-refractivity contribution is 7.89. The molecule has 7 nitrogen and oxygen atoms in total. The number of hydrogen-bond donors (Lipinski definition) is 1. The molecule has 1 aliphatic rings. The zero-order chi connectivity index (χ0) is 21.7. The van der Waals surface area contributed by atoms with Crippen molar-refractivity contribution >= 4 is 21.6 Å². The Balaban J connectivity index is 1.77. The first-order valence-electron chi connectivity index (χ1n) is 10.0. The van der Waals surface area contributed by atoms with Crippen molar-refractivity contribution in [1.29, 1.82) is 0 Å². The molecule has 1 saturated heterocycles. The fourth-order valence-corrected chi connectivity index (χ4v) is 5.02. The standard InChI is InChI=1S/C22H28N2O5S/c1-16-7-10-19(11-8-16)29-17(2)22(25)23-18-9-12-20(28-3)21(15-18)30(26,27)24-13-5-4-6-14-24/h7-12,15,17H,4-6,13-14H2,1-3H3,(H,23,25)/t17-/m0/s1. The van der Waals surface area contributed by atoms with E-state index in [2.05, 4.69) is 5.32 Å². The second-order valence-electron chi connectivity index (χ2n) is 7.39. The Hall–Kier alpha value is -2.58. The summed E-state index contributed by atoms with van der Waals surface area (Å²) in [5, 5.41) is 2.74. The molecule has 3 rings (SSSR count). The topological polar surface area (TPSA) is 84.9 Å². The first-order chi connectivity index (χ1) is 14.3. The van der Waals surface area contributed by atoms with Crippen LogP contribution in [0.15, 0.2) is 47.4 Å². The molecule has 162 valence electrons. The lowest BCUT2D eigenvalue weighted by atomic mass is 10.2. The molecule has 0 radical (unpaired) electrons. The van der Waals surface area contributed by atoms with E-state index in [-0.39, 0.29) is 16.6 Å². The predicted molar refractivity (Wildman–Crippen MR) is 116 cm³/mol. The van der Waals surface area contributed by atoms with E-state index in [0.29, 0.717) is 24.5 Å². The third-order valence-corrected chi connectivity index (χ3v) is 6.99. The van der Waals surface area contributed by atoms with Crippen molar-refractivity contribution in [1.82, 2.24) is 4.31 Å². The van der Waals surface area contributed by atoms with Crippen molar-refractivity contribution in [3.05, 3.63) is 48.0 Å². The van der Waals surface area contributed by atoms with Crippen LogP contribution in [-0.2, 0) is 14.8 Å². The maximum Gasteiger partial charge on any atom is 0.265 e. The summed E-state index contributed by atoms with van der Waals surface area (Å²) in [6.45, 7) is 4.59. The highest BCUT2D eigenvalue weighted by Gasteiger charge is 2.29. The van der Waals surface area contributed by atoms with Crippen molar-refractivity contribution in [3.8, 4) is 11.5 Å². The molecule has 1 aliphatic heterocycles. The average molecular weight is 433 g/mol. The van der Waals surface area contributed by atoms with E-state index in [0.717, 1.165) is 24.8 Å². The van der Waals surface area contributed by atoms with E-state index < -0.39 is 16.1 Å². The first-order valence-corrected chi connectivity index (χ1v) is 11.5. The average Bonchev–Trinajstić information content (AvgIpc) is 2.75. The number of ether oxygens (including phenoxy) is 2. The van der Waals surface area contributed by atoms with Gasteiger partial charge in [-0.3, -0.25) is 4.79 Å². The van der Waals surface area contributed by atoms with E-state index >= 15 is 0 Å². The van der Waals surface area contributed by atoms with Crippen LogP contribution >= 0.6 is 0 Å². The van der Waals surface area contributed by atoms with Gasteiger partial charge in [0.2, 0.25) is 10.0 Å². The molecule has 30 heavy (non-hydrogen) atoms. The van der Waals surface area contributed by atoms with Crippen molar-refractivity contribution in [3.63, 3.8) is 0 Å². The third kappa shape index (κ3) is 5.12. The number of carbonyl (C=O) groups excluding carboxylic acids is 1. The monoisotopic (exact) mass is 432 g/mol. The van der Waals surface area contributed by atoms with Gasteiger partial charge in [0.25, 0.3) is 5.91 Å². The molecule has 0 spiro atoms. The Morgan fingerprint density at radius 3 is 2.37 bits per heavy atom. The number of amides is 1. The van der Waals surface area contributed by atoms with Crippen LogP contribution in [0.5, 0.6) is 11.5 Å². The third-order valence-electron chi connectivity index (χ3n) is 5.07. The van der Waals surface area contributed by atoms with E-state index in [4.69, 9.17) is 9.47 Å². The van der Waals surface area contributed by atoms with E-state index in [1.165, 1.54) is 17.5 Å². The summed E-state index contributed by atoms with van der Waals surface area (Å²) in [7, 11) is -2.28. The normalized spacial score (nSPS) is 16.0. The minimum absolute atomic E-state index is 0.0526. The van der Waals surface area contributed by atoms with E-state index in [1.807, 2.05) is 19.1 Å². The van der Waals surface area contributed by atoms with E-state index in [9.17, 15) is 13.2 Å². The fourth-order valence-electron chi connectivity index (χ4n) is 3.32. The lowest BCUT2D eigenvalue weighted by Crippen LogP contribution is -2.36. The number of piperidine rings is 1. The van der Waals surface area contributed by atoms with Gasteiger partial charge < -0.3 is 14.8 Å². The number of nitrogens with one attached hydrogen (secondary N) is 1. The number of nitrogens with zero attached hydrogens (tertiary/aromatic N) is 1. The Bertz CT molecular complexity index is 983. The number of sulfonamides is 1. The molecule has 1 amide bonds. The van der Waals surface area contributed by atoms with Crippen LogP contribution in [0.2, 0.25) is 0 Å². The molecule has 1 N–H and O–H groups in total. The van der Waals surface area contributed by atoms with Crippen LogP contribution in [-0.4, -0.2) is 44.9 Å². The Labute approximate surface area is 178 Å². The number of aryl methyl sites for hydroxylation is 1. The van der Waals surface area contributed by atoms with Gasteiger partial charge in [-0.15, -0.1) is 0 Å². The van der Waals surface area contributed by atoms with Crippen LogP contribution in [0, 0.1) is 6.92 Å². The fraction of sp³-hybridized carbons (Fsp3) is 0.409. The van der Waals surface area contributed by atoms with Crippen molar-refractivity contribution in [2.45, 2.75) is 44.1 Å². The number of benzene rings is 2. The number of methoxy groups -OCH3 is 1. The molecular formula is C22H28N2O5S. The summed E-state index contributed by atoms with van der Waals surface area (Å²) in [6, 6.07) is 12.0. The Morgan fingerprint density at radius 2 is 1.73 bits per heavy atom. The summed E-state index contributed by atoms with van der Waals surface area (Å²) in [6.07, 6.45) is 1.95. The van der Waals surface area contributed by atoms with Gasteiger partial charge in [-0.25, -0.2) is 8.42 Å². The molecule has 0 bridgehead atoms.